The molecule has 5 nitrogen and oxygen atoms in total. The van der Waals surface area contributed by atoms with E-state index in [9.17, 15) is 5.11 Å². The minimum absolute atomic E-state index is 0.176. The summed E-state index contributed by atoms with van der Waals surface area (Å²) < 4.78 is 5.60. The predicted octanol–water partition coefficient (Wildman–Crippen LogP) is 2.44. The zero-order chi connectivity index (χ0) is 13.8. The van der Waals surface area contributed by atoms with Crippen molar-refractivity contribution in [2.75, 3.05) is 13.1 Å². The lowest BCUT2D eigenvalue weighted by Crippen LogP contribution is -2.27. The number of aromatic hydroxyl groups is 1. The first kappa shape index (κ1) is 12.9. The van der Waals surface area contributed by atoms with Crippen LogP contribution in [0.5, 0.6) is 17.2 Å². The SMILES string of the molecule is Oc1cccc(Oc2cnc(C3CCNCC3)nc2)c1. The van der Waals surface area contributed by atoms with Crippen LogP contribution in [0, 0.1) is 0 Å². The van der Waals surface area contributed by atoms with Gasteiger partial charge in [-0.05, 0) is 38.1 Å². The highest BCUT2D eigenvalue weighted by Gasteiger charge is 2.17. The quantitative estimate of drug-likeness (QED) is 0.897. The Kier molecular flexibility index (Phi) is 3.78. The first-order chi connectivity index (χ1) is 9.81. The third kappa shape index (κ3) is 3.05. The van der Waals surface area contributed by atoms with Crippen LogP contribution in [0.2, 0.25) is 0 Å². The average molecular weight is 271 g/mol. The molecule has 1 aliphatic rings. The number of nitrogens with zero attached hydrogens (tertiary/aromatic N) is 2. The van der Waals surface area contributed by atoms with E-state index in [-0.39, 0.29) is 5.75 Å². The van der Waals surface area contributed by atoms with Gasteiger partial charge in [-0.2, -0.15) is 0 Å². The van der Waals surface area contributed by atoms with E-state index in [0.29, 0.717) is 17.4 Å². The van der Waals surface area contributed by atoms with Gasteiger partial charge in [-0.3, -0.25) is 0 Å². The Balaban J connectivity index is 1.69. The van der Waals surface area contributed by atoms with Gasteiger partial charge >= 0.3 is 0 Å². The van der Waals surface area contributed by atoms with Crippen LogP contribution in [0.4, 0.5) is 0 Å². The number of hydrogen-bond donors (Lipinski definition) is 2. The minimum atomic E-state index is 0.176. The largest absolute Gasteiger partial charge is 0.508 e. The van der Waals surface area contributed by atoms with Crippen molar-refractivity contribution >= 4 is 0 Å². The van der Waals surface area contributed by atoms with Crippen LogP contribution in [0.1, 0.15) is 24.6 Å². The molecule has 2 N–H and O–H groups in total. The molecular weight excluding hydrogens is 254 g/mol. The number of phenols is 1. The molecule has 0 bridgehead atoms. The first-order valence-electron chi connectivity index (χ1n) is 6.81. The minimum Gasteiger partial charge on any atom is -0.508 e. The molecule has 0 atom stereocenters. The van der Waals surface area contributed by atoms with Gasteiger partial charge in [0.05, 0.1) is 12.4 Å². The zero-order valence-corrected chi connectivity index (χ0v) is 11.1. The van der Waals surface area contributed by atoms with Crippen molar-refractivity contribution in [2.45, 2.75) is 18.8 Å². The molecule has 1 saturated heterocycles. The monoisotopic (exact) mass is 271 g/mol. The Labute approximate surface area is 117 Å². The molecule has 2 aromatic rings. The second kappa shape index (κ2) is 5.88. The van der Waals surface area contributed by atoms with Gasteiger partial charge in [0.15, 0.2) is 5.75 Å². The van der Waals surface area contributed by atoms with Crippen molar-refractivity contribution in [2.24, 2.45) is 0 Å². The average Bonchev–Trinajstić information content (AvgIpc) is 2.49. The Morgan fingerprint density at radius 1 is 1.10 bits per heavy atom. The molecule has 1 aromatic heterocycles. The zero-order valence-electron chi connectivity index (χ0n) is 11.1. The normalized spacial score (nSPS) is 16.0. The van der Waals surface area contributed by atoms with E-state index in [2.05, 4.69) is 15.3 Å². The van der Waals surface area contributed by atoms with Crippen LogP contribution in [-0.4, -0.2) is 28.2 Å². The molecule has 2 heterocycles. The van der Waals surface area contributed by atoms with Gasteiger partial charge < -0.3 is 15.2 Å². The number of phenolic OH excluding ortho intramolecular Hbond substituents is 1. The summed E-state index contributed by atoms with van der Waals surface area (Å²) >= 11 is 0. The third-order valence-corrected chi connectivity index (χ3v) is 3.41. The maximum atomic E-state index is 9.39. The number of ether oxygens (including phenoxy) is 1. The van der Waals surface area contributed by atoms with E-state index < -0.39 is 0 Å². The standard InChI is InChI=1S/C15H17N3O2/c19-12-2-1-3-13(8-12)20-14-9-17-15(18-10-14)11-4-6-16-7-5-11/h1-3,8-11,16,19H,4-7H2. The molecule has 1 aliphatic heterocycles. The van der Waals surface area contributed by atoms with Crippen molar-refractivity contribution in [3.63, 3.8) is 0 Å². The second-order valence-electron chi connectivity index (χ2n) is 4.90. The molecular formula is C15H17N3O2. The Morgan fingerprint density at radius 3 is 2.55 bits per heavy atom. The summed E-state index contributed by atoms with van der Waals surface area (Å²) in [5.41, 5.74) is 0. The summed E-state index contributed by atoms with van der Waals surface area (Å²) in [4.78, 5) is 8.79. The molecule has 20 heavy (non-hydrogen) atoms. The Morgan fingerprint density at radius 2 is 1.85 bits per heavy atom. The van der Waals surface area contributed by atoms with Crippen molar-refractivity contribution in [1.29, 1.82) is 0 Å². The van der Waals surface area contributed by atoms with Gasteiger partial charge in [0.1, 0.15) is 17.3 Å². The lowest BCUT2D eigenvalue weighted by Gasteiger charge is -2.21. The van der Waals surface area contributed by atoms with Gasteiger partial charge in [-0.25, -0.2) is 9.97 Å². The van der Waals surface area contributed by atoms with Crippen molar-refractivity contribution in [1.82, 2.24) is 15.3 Å². The number of hydrogen-bond acceptors (Lipinski definition) is 5. The molecule has 1 aromatic carbocycles. The molecule has 0 radical (unpaired) electrons. The van der Waals surface area contributed by atoms with E-state index in [1.165, 1.54) is 0 Å². The van der Waals surface area contributed by atoms with Crippen LogP contribution in [0.3, 0.4) is 0 Å². The molecule has 1 fully saturated rings. The Hall–Kier alpha value is -2.14. The van der Waals surface area contributed by atoms with E-state index in [4.69, 9.17) is 4.74 Å². The summed E-state index contributed by atoms with van der Waals surface area (Å²) in [6.45, 7) is 2.05. The highest BCUT2D eigenvalue weighted by molar-refractivity contribution is 5.34. The first-order valence-corrected chi connectivity index (χ1v) is 6.81. The fourth-order valence-electron chi connectivity index (χ4n) is 2.35. The summed E-state index contributed by atoms with van der Waals surface area (Å²) in [5, 5.41) is 12.7. The smallest absolute Gasteiger partial charge is 0.164 e. The lowest BCUT2D eigenvalue weighted by molar-refractivity contribution is 0.436. The third-order valence-electron chi connectivity index (χ3n) is 3.41. The van der Waals surface area contributed by atoms with Gasteiger partial charge in [0.25, 0.3) is 0 Å². The molecule has 104 valence electrons. The van der Waals surface area contributed by atoms with Gasteiger partial charge in [-0.15, -0.1) is 0 Å². The van der Waals surface area contributed by atoms with Crippen LogP contribution in [0.15, 0.2) is 36.7 Å². The molecule has 0 unspecified atom stereocenters. The summed E-state index contributed by atoms with van der Waals surface area (Å²) in [6, 6.07) is 6.67. The molecule has 0 spiro atoms. The van der Waals surface area contributed by atoms with E-state index >= 15 is 0 Å². The van der Waals surface area contributed by atoms with Crippen molar-refractivity contribution < 1.29 is 9.84 Å². The highest BCUT2D eigenvalue weighted by atomic mass is 16.5. The van der Waals surface area contributed by atoms with Crippen LogP contribution < -0.4 is 10.1 Å². The van der Waals surface area contributed by atoms with Gasteiger partial charge in [0.2, 0.25) is 0 Å². The number of rotatable bonds is 3. The van der Waals surface area contributed by atoms with E-state index in [1.54, 1.807) is 36.7 Å². The fourth-order valence-corrected chi connectivity index (χ4v) is 2.35. The van der Waals surface area contributed by atoms with E-state index in [1.807, 2.05) is 0 Å². The number of nitrogens with one attached hydrogen (secondary N) is 1. The van der Waals surface area contributed by atoms with Gasteiger partial charge in [0, 0.05) is 12.0 Å². The molecule has 0 amide bonds. The number of aromatic nitrogens is 2. The second-order valence-corrected chi connectivity index (χ2v) is 4.90. The summed E-state index contributed by atoms with van der Waals surface area (Å²) in [5.74, 6) is 2.65. The molecule has 3 rings (SSSR count). The summed E-state index contributed by atoms with van der Waals surface area (Å²) in [6.07, 6.45) is 5.53. The van der Waals surface area contributed by atoms with Crippen molar-refractivity contribution in [3.05, 3.63) is 42.5 Å². The topological polar surface area (TPSA) is 67.3 Å². The molecule has 5 heteroatoms. The van der Waals surface area contributed by atoms with Crippen LogP contribution >= 0.6 is 0 Å². The maximum Gasteiger partial charge on any atom is 0.164 e. The fraction of sp³-hybridized carbons (Fsp3) is 0.333. The number of benzene rings is 1. The maximum absolute atomic E-state index is 9.39. The number of piperidine rings is 1. The van der Waals surface area contributed by atoms with E-state index in [0.717, 1.165) is 31.8 Å². The summed E-state index contributed by atoms with van der Waals surface area (Å²) in [7, 11) is 0. The highest BCUT2D eigenvalue weighted by Crippen LogP contribution is 2.26. The van der Waals surface area contributed by atoms with Crippen LogP contribution in [0.25, 0.3) is 0 Å². The predicted molar refractivity (Wildman–Crippen MR) is 75.1 cm³/mol. The van der Waals surface area contributed by atoms with Gasteiger partial charge in [-0.1, -0.05) is 6.07 Å². The van der Waals surface area contributed by atoms with Crippen molar-refractivity contribution in [3.8, 4) is 17.2 Å². The molecule has 0 saturated carbocycles. The molecule has 0 aliphatic carbocycles. The van der Waals surface area contributed by atoms with Crippen LogP contribution in [-0.2, 0) is 0 Å². The lowest BCUT2D eigenvalue weighted by atomic mass is 9.97. The Bertz CT molecular complexity index is 566.